The van der Waals surface area contributed by atoms with E-state index >= 15 is 0 Å². The first kappa shape index (κ1) is 15.2. The molecule has 6 nitrogen and oxygen atoms in total. The van der Waals surface area contributed by atoms with E-state index in [4.69, 9.17) is 9.47 Å². The molecule has 2 aromatic rings. The molecule has 0 fully saturated rings. The summed E-state index contributed by atoms with van der Waals surface area (Å²) in [6.45, 7) is 1.84. The molecular weight excluding hydrogens is 340 g/mol. The zero-order chi connectivity index (χ0) is 15.4. The summed E-state index contributed by atoms with van der Waals surface area (Å²) in [5.41, 5.74) is 1.64. The highest BCUT2D eigenvalue weighted by atomic mass is 79.9. The smallest absolute Gasteiger partial charge is 0.315 e. The molecule has 21 heavy (non-hydrogen) atoms. The number of rotatable bonds is 5. The van der Waals surface area contributed by atoms with Crippen LogP contribution in [0.5, 0.6) is 17.4 Å². The molecule has 1 aromatic heterocycles. The minimum absolute atomic E-state index is 0.128. The second kappa shape index (κ2) is 6.53. The number of pyridine rings is 1. The van der Waals surface area contributed by atoms with E-state index in [0.717, 1.165) is 11.1 Å². The van der Waals surface area contributed by atoms with Crippen molar-refractivity contribution in [1.29, 1.82) is 0 Å². The molecule has 0 saturated carbocycles. The Bertz CT molecular complexity index is 676. The largest absolute Gasteiger partial charge is 0.496 e. The van der Waals surface area contributed by atoms with Crippen molar-refractivity contribution in [1.82, 2.24) is 4.98 Å². The molecule has 0 aliphatic carbocycles. The third-order valence-corrected chi connectivity index (χ3v) is 3.46. The molecule has 0 aliphatic heterocycles. The summed E-state index contributed by atoms with van der Waals surface area (Å²) < 4.78 is 10.6. The molecule has 1 aromatic carbocycles. The van der Waals surface area contributed by atoms with Gasteiger partial charge in [-0.25, -0.2) is 4.98 Å². The van der Waals surface area contributed by atoms with Gasteiger partial charge in [-0.1, -0.05) is 15.9 Å². The van der Waals surface area contributed by atoms with E-state index in [1.807, 2.05) is 13.0 Å². The first-order valence-corrected chi connectivity index (χ1v) is 7.19. The number of benzene rings is 1. The minimum atomic E-state index is -0.514. The molecule has 110 valence electrons. The lowest BCUT2D eigenvalue weighted by Gasteiger charge is -2.09. The Morgan fingerprint density at radius 1 is 1.38 bits per heavy atom. The predicted molar refractivity (Wildman–Crippen MR) is 81.3 cm³/mol. The van der Waals surface area contributed by atoms with Crippen LogP contribution in [0.1, 0.15) is 11.1 Å². The number of nitro groups is 1. The third kappa shape index (κ3) is 3.49. The molecule has 0 amide bonds. The Kier molecular flexibility index (Phi) is 4.74. The Morgan fingerprint density at radius 2 is 2.14 bits per heavy atom. The maximum Gasteiger partial charge on any atom is 0.315 e. The number of aromatic nitrogens is 1. The number of ether oxygens (including phenoxy) is 2. The molecular formula is C14H13BrN2O4. The van der Waals surface area contributed by atoms with Crippen LogP contribution in [0.25, 0.3) is 0 Å². The van der Waals surface area contributed by atoms with Crippen LogP contribution in [-0.2, 0) is 5.33 Å². The SMILES string of the molecule is COc1ccc(Oc2ncc(CBr)cc2C)c([N+](=O)[O-])c1. The first-order valence-electron chi connectivity index (χ1n) is 6.07. The number of alkyl halides is 1. The predicted octanol–water partition coefficient (Wildman–Crippen LogP) is 3.99. The van der Waals surface area contributed by atoms with Crippen LogP contribution < -0.4 is 9.47 Å². The van der Waals surface area contributed by atoms with Crippen LogP contribution in [0.15, 0.2) is 30.5 Å². The van der Waals surface area contributed by atoms with Gasteiger partial charge in [0, 0.05) is 17.1 Å². The van der Waals surface area contributed by atoms with E-state index in [1.165, 1.54) is 19.2 Å². The van der Waals surface area contributed by atoms with Crippen molar-refractivity contribution in [3.8, 4) is 17.4 Å². The lowest BCUT2D eigenvalue weighted by molar-refractivity contribution is -0.385. The summed E-state index contributed by atoms with van der Waals surface area (Å²) >= 11 is 3.35. The van der Waals surface area contributed by atoms with Gasteiger partial charge in [0.2, 0.25) is 11.6 Å². The van der Waals surface area contributed by atoms with Crippen LogP contribution in [0.3, 0.4) is 0 Å². The van der Waals surface area contributed by atoms with E-state index in [2.05, 4.69) is 20.9 Å². The lowest BCUT2D eigenvalue weighted by atomic mass is 10.2. The summed E-state index contributed by atoms with van der Waals surface area (Å²) in [5, 5.41) is 11.8. The van der Waals surface area contributed by atoms with Gasteiger partial charge in [-0.2, -0.15) is 0 Å². The van der Waals surface area contributed by atoms with Crippen LogP contribution in [0, 0.1) is 17.0 Å². The molecule has 0 N–H and O–H groups in total. The number of methoxy groups -OCH3 is 1. The van der Waals surface area contributed by atoms with Gasteiger partial charge < -0.3 is 9.47 Å². The number of nitro benzene ring substituents is 1. The number of aryl methyl sites for hydroxylation is 1. The highest BCUT2D eigenvalue weighted by Gasteiger charge is 2.18. The number of halogens is 1. The van der Waals surface area contributed by atoms with Crippen molar-refractivity contribution in [2.75, 3.05) is 7.11 Å². The summed E-state index contributed by atoms with van der Waals surface area (Å²) in [5.74, 6) is 0.865. The van der Waals surface area contributed by atoms with E-state index in [0.29, 0.717) is 17.0 Å². The Balaban J connectivity index is 2.37. The third-order valence-electron chi connectivity index (χ3n) is 2.81. The molecule has 0 unspecified atom stereocenters. The number of hydrogen-bond donors (Lipinski definition) is 0. The summed E-state index contributed by atoms with van der Waals surface area (Å²) in [6, 6.07) is 6.32. The van der Waals surface area contributed by atoms with Crippen LogP contribution in [0.4, 0.5) is 5.69 Å². The van der Waals surface area contributed by atoms with E-state index < -0.39 is 4.92 Å². The van der Waals surface area contributed by atoms with Gasteiger partial charge in [-0.15, -0.1) is 0 Å². The van der Waals surface area contributed by atoms with Gasteiger partial charge in [0.25, 0.3) is 0 Å². The van der Waals surface area contributed by atoms with E-state index in [9.17, 15) is 10.1 Å². The van der Waals surface area contributed by atoms with Gasteiger partial charge >= 0.3 is 5.69 Å². The van der Waals surface area contributed by atoms with Crippen molar-refractivity contribution < 1.29 is 14.4 Å². The average molecular weight is 353 g/mol. The Morgan fingerprint density at radius 3 is 2.71 bits per heavy atom. The maximum absolute atomic E-state index is 11.1. The number of nitrogens with zero attached hydrogens (tertiary/aromatic N) is 2. The zero-order valence-electron chi connectivity index (χ0n) is 11.5. The highest BCUT2D eigenvalue weighted by Crippen LogP contribution is 2.34. The fraction of sp³-hybridized carbons (Fsp3) is 0.214. The molecule has 2 rings (SSSR count). The van der Waals surface area contributed by atoms with Crippen molar-refractivity contribution in [3.05, 3.63) is 51.7 Å². The Hall–Kier alpha value is -2.15. The summed E-state index contributed by atoms with van der Waals surface area (Å²) in [7, 11) is 1.45. The van der Waals surface area contributed by atoms with Gasteiger partial charge in [0.1, 0.15) is 5.75 Å². The second-order valence-corrected chi connectivity index (χ2v) is 4.85. The maximum atomic E-state index is 11.1. The normalized spacial score (nSPS) is 10.2. The molecule has 0 bridgehead atoms. The molecule has 0 radical (unpaired) electrons. The minimum Gasteiger partial charge on any atom is -0.496 e. The molecule has 0 spiro atoms. The zero-order valence-corrected chi connectivity index (χ0v) is 13.1. The van der Waals surface area contributed by atoms with Gasteiger partial charge in [0.15, 0.2) is 0 Å². The fourth-order valence-electron chi connectivity index (χ4n) is 1.76. The average Bonchev–Trinajstić information content (AvgIpc) is 2.49. The second-order valence-electron chi connectivity index (χ2n) is 4.29. The van der Waals surface area contributed by atoms with Gasteiger partial charge in [-0.3, -0.25) is 10.1 Å². The van der Waals surface area contributed by atoms with E-state index in [1.54, 1.807) is 12.3 Å². The molecule has 7 heteroatoms. The molecule has 0 saturated heterocycles. The quantitative estimate of drug-likeness (QED) is 0.462. The fourth-order valence-corrected chi connectivity index (χ4v) is 2.06. The van der Waals surface area contributed by atoms with Crippen LogP contribution in [0.2, 0.25) is 0 Å². The topological polar surface area (TPSA) is 74.5 Å². The van der Waals surface area contributed by atoms with Crippen molar-refractivity contribution in [3.63, 3.8) is 0 Å². The Labute approximate surface area is 130 Å². The van der Waals surface area contributed by atoms with Crippen LogP contribution >= 0.6 is 15.9 Å². The molecule has 1 heterocycles. The van der Waals surface area contributed by atoms with Crippen LogP contribution in [-0.4, -0.2) is 17.0 Å². The summed E-state index contributed by atoms with van der Waals surface area (Å²) in [6.07, 6.45) is 1.66. The van der Waals surface area contributed by atoms with Crippen molar-refractivity contribution in [2.24, 2.45) is 0 Å². The summed E-state index contributed by atoms with van der Waals surface area (Å²) in [4.78, 5) is 14.8. The first-order chi connectivity index (χ1) is 10.0. The van der Waals surface area contributed by atoms with Gasteiger partial charge in [-0.05, 0) is 30.7 Å². The van der Waals surface area contributed by atoms with E-state index in [-0.39, 0.29) is 11.4 Å². The molecule has 0 aliphatic rings. The lowest BCUT2D eigenvalue weighted by Crippen LogP contribution is -1.97. The monoisotopic (exact) mass is 352 g/mol. The highest BCUT2D eigenvalue weighted by molar-refractivity contribution is 9.08. The standard InChI is InChI=1S/C14H13BrN2O4/c1-9-5-10(7-15)8-16-14(9)21-13-4-3-11(20-2)6-12(13)17(18)19/h3-6,8H,7H2,1-2H3. The van der Waals surface area contributed by atoms with Gasteiger partial charge in [0.05, 0.1) is 18.1 Å². The van der Waals surface area contributed by atoms with Crippen molar-refractivity contribution >= 4 is 21.6 Å². The van der Waals surface area contributed by atoms with Crippen molar-refractivity contribution in [2.45, 2.75) is 12.3 Å². The molecule has 0 atom stereocenters. The number of hydrogen-bond acceptors (Lipinski definition) is 5.